The number of nitrogens with zero attached hydrogens (tertiary/aromatic N) is 4. The summed E-state index contributed by atoms with van der Waals surface area (Å²) in [5.74, 6) is -0.396. The van der Waals surface area contributed by atoms with Gasteiger partial charge in [-0.15, -0.1) is 0 Å². The van der Waals surface area contributed by atoms with E-state index in [0.717, 1.165) is 10.3 Å². The van der Waals surface area contributed by atoms with Gasteiger partial charge in [0.2, 0.25) is 0 Å². The Labute approximate surface area is 174 Å². The standard InChI is InChI=1S/C20H13ClN4O3S/c21-16-7-2-8-17-18(16)23-20(29-17)24(12-13-4-3-9-22-11-13)19(26)14-5-1-6-15(10-14)25(27)28/h1-11H,12H2. The van der Waals surface area contributed by atoms with Crippen LogP contribution < -0.4 is 4.90 Å². The van der Waals surface area contributed by atoms with E-state index >= 15 is 0 Å². The number of aromatic nitrogens is 2. The third kappa shape index (κ3) is 3.94. The number of non-ortho nitro benzene ring substituents is 1. The van der Waals surface area contributed by atoms with Gasteiger partial charge in [0, 0.05) is 30.1 Å². The van der Waals surface area contributed by atoms with Crippen LogP contribution in [0.3, 0.4) is 0 Å². The second kappa shape index (κ2) is 7.94. The molecule has 9 heteroatoms. The van der Waals surface area contributed by atoms with Gasteiger partial charge >= 0.3 is 0 Å². The van der Waals surface area contributed by atoms with Crippen molar-refractivity contribution >= 4 is 49.9 Å². The first-order valence-corrected chi connectivity index (χ1v) is 9.72. The minimum atomic E-state index is -0.528. The summed E-state index contributed by atoms with van der Waals surface area (Å²) in [4.78, 5) is 34.0. The Morgan fingerprint density at radius 1 is 1.17 bits per heavy atom. The first-order valence-electron chi connectivity index (χ1n) is 8.53. The van der Waals surface area contributed by atoms with Crippen LogP contribution in [0.2, 0.25) is 5.02 Å². The predicted molar refractivity (Wildman–Crippen MR) is 112 cm³/mol. The first-order chi connectivity index (χ1) is 14.0. The molecular weight excluding hydrogens is 412 g/mol. The van der Waals surface area contributed by atoms with Gasteiger partial charge in [-0.1, -0.05) is 41.1 Å². The van der Waals surface area contributed by atoms with E-state index < -0.39 is 10.8 Å². The van der Waals surface area contributed by atoms with Crippen molar-refractivity contribution in [2.24, 2.45) is 0 Å². The molecule has 0 aliphatic rings. The highest BCUT2D eigenvalue weighted by atomic mass is 35.5. The fourth-order valence-electron chi connectivity index (χ4n) is 2.83. The van der Waals surface area contributed by atoms with Crippen molar-refractivity contribution in [1.82, 2.24) is 9.97 Å². The summed E-state index contributed by atoms with van der Waals surface area (Å²) < 4.78 is 0.843. The molecule has 4 aromatic rings. The van der Waals surface area contributed by atoms with Crippen LogP contribution in [0.1, 0.15) is 15.9 Å². The van der Waals surface area contributed by atoms with Gasteiger partial charge in [-0.25, -0.2) is 4.98 Å². The van der Waals surface area contributed by atoms with Gasteiger partial charge in [-0.2, -0.15) is 0 Å². The Bertz CT molecular complexity index is 1210. The number of hydrogen-bond donors (Lipinski definition) is 0. The molecule has 0 aliphatic heterocycles. The van der Waals surface area contributed by atoms with Crippen LogP contribution in [-0.4, -0.2) is 20.8 Å². The second-order valence-electron chi connectivity index (χ2n) is 6.14. The quantitative estimate of drug-likeness (QED) is 0.328. The summed E-state index contributed by atoms with van der Waals surface area (Å²) in [7, 11) is 0. The summed E-state index contributed by atoms with van der Waals surface area (Å²) in [5, 5.41) is 12.1. The van der Waals surface area contributed by atoms with Crippen molar-refractivity contribution in [2.75, 3.05) is 4.90 Å². The molecule has 2 aromatic carbocycles. The average molecular weight is 425 g/mol. The monoisotopic (exact) mass is 424 g/mol. The summed E-state index contributed by atoms with van der Waals surface area (Å²) in [5.41, 5.74) is 1.46. The van der Waals surface area contributed by atoms with Crippen molar-refractivity contribution in [3.8, 4) is 0 Å². The maximum atomic E-state index is 13.3. The predicted octanol–water partition coefficient (Wildman–Crippen LogP) is 5.10. The highest BCUT2D eigenvalue weighted by molar-refractivity contribution is 7.22. The molecule has 2 heterocycles. The molecule has 0 fully saturated rings. The van der Waals surface area contributed by atoms with Crippen molar-refractivity contribution in [2.45, 2.75) is 6.54 Å². The molecule has 2 aromatic heterocycles. The number of amides is 1. The van der Waals surface area contributed by atoms with Crippen LogP contribution >= 0.6 is 22.9 Å². The number of halogens is 1. The molecule has 4 rings (SSSR count). The Balaban J connectivity index is 1.79. The van der Waals surface area contributed by atoms with E-state index in [1.54, 1.807) is 30.6 Å². The molecule has 0 N–H and O–H groups in total. The molecule has 0 radical (unpaired) electrons. The Morgan fingerprint density at radius 2 is 2.00 bits per heavy atom. The van der Waals surface area contributed by atoms with Crippen LogP contribution in [0, 0.1) is 10.1 Å². The Kier molecular flexibility index (Phi) is 5.20. The molecule has 144 valence electrons. The van der Waals surface area contributed by atoms with Gasteiger partial charge in [-0.3, -0.25) is 24.8 Å². The highest BCUT2D eigenvalue weighted by Gasteiger charge is 2.23. The number of benzene rings is 2. The van der Waals surface area contributed by atoms with Crippen LogP contribution in [0.5, 0.6) is 0 Å². The maximum absolute atomic E-state index is 13.3. The fourth-order valence-corrected chi connectivity index (χ4v) is 4.09. The van der Waals surface area contributed by atoms with Crippen molar-refractivity contribution in [3.63, 3.8) is 0 Å². The average Bonchev–Trinajstić information content (AvgIpc) is 3.18. The number of para-hydroxylation sites is 1. The first kappa shape index (κ1) is 19.0. The molecule has 7 nitrogen and oxygen atoms in total. The lowest BCUT2D eigenvalue weighted by molar-refractivity contribution is -0.384. The Hall–Kier alpha value is -3.36. The summed E-state index contributed by atoms with van der Waals surface area (Å²) in [6.07, 6.45) is 3.31. The number of carbonyl (C=O) groups is 1. The number of pyridine rings is 1. The van der Waals surface area contributed by atoms with Crippen LogP contribution in [-0.2, 0) is 6.54 Å². The normalized spacial score (nSPS) is 10.8. The molecule has 0 spiro atoms. The molecule has 1 amide bonds. The lowest BCUT2D eigenvalue weighted by atomic mass is 10.1. The van der Waals surface area contributed by atoms with E-state index in [-0.39, 0.29) is 17.8 Å². The van der Waals surface area contributed by atoms with E-state index in [2.05, 4.69) is 9.97 Å². The molecule has 0 aliphatic carbocycles. The number of rotatable bonds is 5. The van der Waals surface area contributed by atoms with Gasteiger partial charge in [0.25, 0.3) is 11.6 Å². The van der Waals surface area contributed by atoms with Crippen LogP contribution in [0.4, 0.5) is 10.8 Å². The number of fused-ring (bicyclic) bond motifs is 1. The van der Waals surface area contributed by atoms with E-state index in [1.807, 2.05) is 18.2 Å². The van der Waals surface area contributed by atoms with E-state index in [1.165, 1.54) is 34.4 Å². The lowest BCUT2D eigenvalue weighted by Gasteiger charge is -2.20. The smallest absolute Gasteiger partial charge is 0.270 e. The van der Waals surface area contributed by atoms with E-state index in [9.17, 15) is 14.9 Å². The third-order valence-electron chi connectivity index (χ3n) is 4.20. The molecule has 0 bridgehead atoms. The van der Waals surface area contributed by atoms with Gasteiger partial charge in [0.15, 0.2) is 5.13 Å². The van der Waals surface area contributed by atoms with Gasteiger partial charge in [0.1, 0.15) is 5.52 Å². The summed E-state index contributed by atoms with van der Waals surface area (Å²) in [6.45, 7) is 0.215. The zero-order valence-corrected chi connectivity index (χ0v) is 16.4. The van der Waals surface area contributed by atoms with Crippen molar-refractivity contribution < 1.29 is 9.72 Å². The van der Waals surface area contributed by atoms with Gasteiger partial charge in [0.05, 0.1) is 21.2 Å². The molecule has 0 atom stereocenters. The topological polar surface area (TPSA) is 89.2 Å². The summed E-state index contributed by atoms with van der Waals surface area (Å²) >= 11 is 7.57. The molecular formula is C20H13ClN4O3S. The fraction of sp³-hybridized carbons (Fsp3) is 0.0500. The molecule has 0 unspecified atom stereocenters. The highest BCUT2D eigenvalue weighted by Crippen LogP contribution is 2.34. The SMILES string of the molecule is O=C(c1cccc([N+](=O)[O-])c1)N(Cc1cccnc1)c1nc2c(Cl)cccc2s1. The lowest BCUT2D eigenvalue weighted by Crippen LogP contribution is -2.30. The molecule has 0 saturated carbocycles. The largest absolute Gasteiger partial charge is 0.279 e. The van der Waals surface area contributed by atoms with E-state index in [4.69, 9.17) is 11.6 Å². The minimum Gasteiger partial charge on any atom is -0.279 e. The zero-order valence-electron chi connectivity index (χ0n) is 14.9. The number of hydrogen-bond acceptors (Lipinski definition) is 6. The van der Waals surface area contributed by atoms with Crippen molar-refractivity contribution in [3.05, 3.63) is 93.3 Å². The van der Waals surface area contributed by atoms with E-state index in [0.29, 0.717) is 15.7 Å². The minimum absolute atomic E-state index is 0.149. The van der Waals surface area contributed by atoms with Gasteiger partial charge < -0.3 is 0 Å². The number of thiazole rings is 1. The number of anilines is 1. The van der Waals surface area contributed by atoms with Crippen LogP contribution in [0.25, 0.3) is 10.2 Å². The number of nitro benzene ring substituents is 1. The summed E-state index contributed by atoms with van der Waals surface area (Å²) in [6, 6.07) is 14.7. The number of nitro groups is 1. The third-order valence-corrected chi connectivity index (χ3v) is 5.55. The van der Waals surface area contributed by atoms with Crippen LogP contribution in [0.15, 0.2) is 67.0 Å². The van der Waals surface area contributed by atoms with Gasteiger partial charge in [-0.05, 0) is 29.8 Å². The second-order valence-corrected chi connectivity index (χ2v) is 7.56. The Morgan fingerprint density at radius 3 is 2.72 bits per heavy atom. The maximum Gasteiger partial charge on any atom is 0.270 e. The zero-order chi connectivity index (χ0) is 20.4. The molecule has 0 saturated heterocycles. The number of carbonyl (C=O) groups excluding carboxylic acids is 1. The van der Waals surface area contributed by atoms with Crippen molar-refractivity contribution in [1.29, 1.82) is 0 Å². The molecule has 29 heavy (non-hydrogen) atoms.